The molecule has 7 heteroatoms. The number of carbonyl (C=O) groups excluding carboxylic acids is 1. The Hall–Kier alpha value is -0.730. The molecular weight excluding hydrogens is 280 g/mol. The zero-order valence-electron chi connectivity index (χ0n) is 13.0. The van der Waals surface area contributed by atoms with Crippen molar-refractivity contribution >= 4 is 5.97 Å². The van der Waals surface area contributed by atoms with E-state index < -0.39 is 36.2 Å². The lowest BCUT2D eigenvalue weighted by atomic mass is 10.1. The van der Waals surface area contributed by atoms with Gasteiger partial charge in [0.1, 0.15) is 12.2 Å². The average Bonchev–Trinajstić information content (AvgIpc) is 2.90. The van der Waals surface area contributed by atoms with E-state index in [4.69, 9.17) is 28.4 Å². The lowest BCUT2D eigenvalue weighted by molar-refractivity contribution is -0.235. The van der Waals surface area contributed by atoms with Gasteiger partial charge in [0.15, 0.2) is 30.1 Å². The molecule has 120 valence electrons. The van der Waals surface area contributed by atoms with Crippen molar-refractivity contribution < 1.29 is 33.2 Å². The van der Waals surface area contributed by atoms with Crippen molar-refractivity contribution in [2.45, 2.75) is 76.9 Å². The van der Waals surface area contributed by atoms with Crippen molar-refractivity contribution in [3.63, 3.8) is 0 Å². The third kappa shape index (κ3) is 2.93. The van der Waals surface area contributed by atoms with Gasteiger partial charge in [0.25, 0.3) is 0 Å². The molecule has 0 N–H and O–H groups in total. The summed E-state index contributed by atoms with van der Waals surface area (Å²) in [5.41, 5.74) is 0. The molecule has 7 nitrogen and oxygen atoms in total. The second kappa shape index (κ2) is 4.89. The molecule has 3 saturated heterocycles. The van der Waals surface area contributed by atoms with Crippen molar-refractivity contribution in [1.82, 2.24) is 0 Å². The highest BCUT2D eigenvalue weighted by Gasteiger charge is 2.59. The summed E-state index contributed by atoms with van der Waals surface area (Å²) < 4.78 is 34.2. The van der Waals surface area contributed by atoms with Gasteiger partial charge in [0, 0.05) is 6.92 Å². The van der Waals surface area contributed by atoms with E-state index in [0.717, 1.165) is 0 Å². The molecule has 0 spiro atoms. The molecule has 0 aromatic carbocycles. The first-order chi connectivity index (χ1) is 9.67. The lowest BCUT2D eigenvalue weighted by Crippen LogP contribution is -2.44. The summed E-state index contributed by atoms with van der Waals surface area (Å²) in [5, 5.41) is 0. The van der Waals surface area contributed by atoms with Crippen molar-refractivity contribution in [3.05, 3.63) is 0 Å². The minimum Gasteiger partial charge on any atom is -0.457 e. The van der Waals surface area contributed by atoms with E-state index >= 15 is 0 Å². The Labute approximate surface area is 123 Å². The maximum atomic E-state index is 11.4. The van der Waals surface area contributed by atoms with E-state index in [0.29, 0.717) is 6.61 Å². The molecule has 0 aromatic heterocycles. The van der Waals surface area contributed by atoms with Gasteiger partial charge in [-0.25, -0.2) is 0 Å². The Balaban J connectivity index is 1.77. The Morgan fingerprint density at radius 1 is 1.05 bits per heavy atom. The molecule has 0 saturated carbocycles. The monoisotopic (exact) mass is 302 g/mol. The molecule has 0 aliphatic carbocycles. The predicted molar refractivity (Wildman–Crippen MR) is 69.2 cm³/mol. The van der Waals surface area contributed by atoms with Gasteiger partial charge in [0.2, 0.25) is 0 Å². The van der Waals surface area contributed by atoms with Crippen LogP contribution in [0, 0.1) is 0 Å². The summed E-state index contributed by atoms with van der Waals surface area (Å²) in [6.45, 7) is 9.00. The second-order valence-corrected chi connectivity index (χ2v) is 6.51. The number of esters is 1. The van der Waals surface area contributed by atoms with Crippen molar-refractivity contribution in [1.29, 1.82) is 0 Å². The molecule has 3 fully saturated rings. The fraction of sp³-hybridized carbons (Fsp3) is 0.929. The van der Waals surface area contributed by atoms with Gasteiger partial charge in [-0.2, -0.15) is 0 Å². The van der Waals surface area contributed by atoms with Crippen LogP contribution in [0.4, 0.5) is 0 Å². The van der Waals surface area contributed by atoms with Crippen molar-refractivity contribution in [3.8, 4) is 0 Å². The van der Waals surface area contributed by atoms with Gasteiger partial charge < -0.3 is 28.4 Å². The Bertz CT molecular complexity index is 433. The molecule has 0 aromatic rings. The van der Waals surface area contributed by atoms with E-state index in [-0.39, 0.29) is 12.1 Å². The molecule has 3 rings (SSSR count). The highest BCUT2D eigenvalue weighted by atomic mass is 16.8. The molecule has 3 aliphatic heterocycles. The Kier molecular flexibility index (Phi) is 3.53. The largest absolute Gasteiger partial charge is 0.457 e. The van der Waals surface area contributed by atoms with E-state index in [1.165, 1.54) is 6.92 Å². The number of hydrogen-bond acceptors (Lipinski definition) is 7. The fourth-order valence-electron chi connectivity index (χ4n) is 3.01. The van der Waals surface area contributed by atoms with Crippen molar-refractivity contribution in [2.75, 3.05) is 6.61 Å². The van der Waals surface area contributed by atoms with Gasteiger partial charge in [-0.15, -0.1) is 0 Å². The van der Waals surface area contributed by atoms with Crippen molar-refractivity contribution in [2.24, 2.45) is 0 Å². The Morgan fingerprint density at radius 2 is 1.76 bits per heavy atom. The number of ether oxygens (including phenoxy) is 6. The SMILES string of the molecule is CC(=O)O[C@@H]1[C@H]([C@@H]2COC(C)(C)O2)O[C@@H]2OC(C)(C)O[C@@H]21. The topological polar surface area (TPSA) is 72.5 Å². The van der Waals surface area contributed by atoms with Gasteiger partial charge in [-0.3, -0.25) is 4.79 Å². The summed E-state index contributed by atoms with van der Waals surface area (Å²) in [6.07, 6.45) is -2.40. The average molecular weight is 302 g/mol. The summed E-state index contributed by atoms with van der Waals surface area (Å²) in [6, 6.07) is 0. The normalized spacial score (nSPS) is 43.8. The molecular formula is C14H22O7. The van der Waals surface area contributed by atoms with Gasteiger partial charge in [0.05, 0.1) is 6.61 Å². The quantitative estimate of drug-likeness (QED) is 0.703. The van der Waals surface area contributed by atoms with Crippen LogP contribution >= 0.6 is 0 Å². The van der Waals surface area contributed by atoms with Crippen LogP contribution in [0.1, 0.15) is 34.6 Å². The van der Waals surface area contributed by atoms with Crippen LogP contribution in [-0.4, -0.2) is 54.9 Å². The molecule has 3 heterocycles. The van der Waals surface area contributed by atoms with E-state index in [1.807, 2.05) is 13.8 Å². The first-order valence-electron chi connectivity index (χ1n) is 7.17. The summed E-state index contributed by atoms with van der Waals surface area (Å²) in [7, 11) is 0. The minimum absolute atomic E-state index is 0.328. The van der Waals surface area contributed by atoms with Gasteiger partial charge >= 0.3 is 5.97 Å². The first kappa shape index (κ1) is 15.2. The minimum atomic E-state index is -0.759. The molecule has 3 aliphatic rings. The molecule has 0 amide bonds. The number of rotatable bonds is 2. The second-order valence-electron chi connectivity index (χ2n) is 6.51. The molecule has 0 unspecified atom stereocenters. The summed E-state index contributed by atoms with van der Waals surface area (Å²) in [5.74, 6) is -1.82. The van der Waals surface area contributed by atoms with Gasteiger partial charge in [-0.1, -0.05) is 0 Å². The number of fused-ring (bicyclic) bond motifs is 1. The maximum absolute atomic E-state index is 11.4. The zero-order valence-corrected chi connectivity index (χ0v) is 13.0. The highest BCUT2D eigenvalue weighted by Crippen LogP contribution is 2.41. The van der Waals surface area contributed by atoms with Crippen LogP contribution in [0.5, 0.6) is 0 Å². The summed E-state index contributed by atoms with van der Waals surface area (Å²) >= 11 is 0. The van der Waals surface area contributed by atoms with E-state index in [1.54, 1.807) is 13.8 Å². The third-order valence-corrected chi connectivity index (χ3v) is 3.73. The van der Waals surface area contributed by atoms with Crippen LogP contribution in [0.3, 0.4) is 0 Å². The van der Waals surface area contributed by atoms with Crippen LogP contribution in [-0.2, 0) is 33.2 Å². The number of carbonyl (C=O) groups is 1. The van der Waals surface area contributed by atoms with Crippen LogP contribution < -0.4 is 0 Å². The van der Waals surface area contributed by atoms with E-state index in [2.05, 4.69) is 0 Å². The fourth-order valence-corrected chi connectivity index (χ4v) is 3.01. The molecule has 0 radical (unpaired) electrons. The first-order valence-corrected chi connectivity index (χ1v) is 7.17. The standard InChI is InChI=1S/C14H22O7/c1-7(15)17-10-9(8-6-16-13(2,3)19-8)18-12-11(10)20-14(4,5)21-12/h8-12H,6H2,1-5H3/t8-,9-,10+,11+,12+/m0/s1. The number of hydrogen-bond donors (Lipinski definition) is 0. The smallest absolute Gasteiger partial charge is 0.303 e. The van der Waals surface area contributed by atoms with Crippen LogP contribution in [0.25, 0.3) is 0 Å². The van der Waals surface area contributed by atoms with Crippen LogP contribution in [0.2, 0.25) is 0 Å². The molecule has 5 atom stereocenters. The predicted octanol–water partition coefficient (Wildman–Crippen LogP) is 0.946. The summed E-state index contributed by atoms with van der Waals surface area (Å²) in [4.78, 5) is 11.4. The maximum Gasteiger partial charge on any atom is 0.303 e. The highest BCUT2D eigenvalue weighted by molar-refractivity contribution is 5.66. The molecule has 21 heavy (non-hydrogen) atoms. The third-order valence-electron chi connectivity index (χ3n) is 3.73. The molecule has 0 bridgehead atoms. The van der Waals surface area contributed by atoms with Crippen LogP contribution in [0.15, 0.2) is 0 Å². The van der Waals surface area contributed by atoms with E-state index in [9.17, 15) is 4.79 Å². The van der Waals surface area contributed by atoms with Gasteiger partial charge in [-0.05, 0) is 27.7 Å². The Morgan fingerprint density at radius 3 is 2.33 bits per heavy atom. The lowest BCUT2D eigenvalue weighted by Gasteiger charge is -2.28. The zero-order chi connectivity index (χ0) is 15.4.